The number of rotatable bonds is 7. The molecule has 0 bridgehead atoms. The van der Waals surface area contributed by atoms with Crippen molar-refractivity contribution in [3.63, 3.8) is 0 Å². The van der Waals surface area contributed by atoms with E-state index in [0.717, 1.165) is 5.56 Å². The molecule has 1 aromatic rings. The van der Waals surface area contributed by atoms with Gasteiger partial charge in [0.1, 0.15) is 5.75 Å². The summed E-state index contributed by atoms with van der Waals surface area (Å²) in [5.74, 6) is 0.605. The molecule has 0 saturated carbocycles. The third-order valence-electron chi connectivity index (χ3n) is 3.12. The van der Waals surface area contributed by atoms with Gasteiger partial charge >= 0.3 is 0 Å². The number of carbonyl (C=O) groups excluding carboxylic acids is 1. The Bertz CT molecular complexity index is 451. The largest absolute Gasteiger partial charge is 0.484 e. The van der Waals surface area contributed by atoms with Crippen molar-refractivity contribution in [3.8, 4) is 5.75 Å². The Labute approximate surface area is 119 Å². The van der Waals surface area contributed by atoms with Gasteiger partial charge in [0.05, 0.1) is 5.71 Å². The van der Waals surface area contributed by atoms with Crippen LogP contribution in [0.5, 0.6) is 5.75 Å². The van der Waals surface area contributed by atoms with Crippen LogP contribution in [0.3, 0.4) is 0 Å². The fourth-order valence-corrected chi connectivity index (χ4v) is 1.89. The van der Waals surface area contributed by atoms with Crippen molar-refractivity contribution in [2.24, 2.45) is 5.16 Å². The van der Waals surface area contributed by atoms with E-state index in [4.69, 9.17) is 9.94 Å². The van der Waals surface area contributed by atoms with E-state index in [9.17, 15) is 4.79 Å². The van der Waals surface area contributed by atoms with Crippen molar-refractivity contribution in [2.75, 3.05) is 19.7 Å². The maximum Gasteiger partial charge on any atom is 0.260 e. The second-order valence-electron chi connectivity index (χ2n) is 4.28. The van der Waals surface area contributed by atoms with Crippen molar-refractivity contribution >= 4 is 11.6 Å². The van der Waals surface area contributed by atoms with E-state index in [2.05, 4.69) is 5.16 Å². The van der Waals surface area contributed by atoms with Crippen molar-refractivity contribution in [1.82, 2.24) is 4.90 Å². The minimum absolute atomic E-state index is 0.0229. The van der Waals surface area contributed by atoms with E-state index in [1.54, 1.807) is 17.0 Å². The number of hydrogen-bond acceptors (Lipinski definition) is 4. The van der Waals surface area contributed by atoms with Gasteiger partial charge in [0.2, 0.25) is 0 Å². The van der Waals surface area contributed by atoms with Crippen molar-refractivity contribution in [3.05, 3.63) is 29.8 Å². The lowest BCUT2D eigenvalue weighted by molar-refractivity contribution is -0.132. The monoisotopic (exact) mass is 278 g/mol. The Morgan fingerprint density at radius 3 is 2.25 bits per heavy atom. The summed E-state index contributed by atoms with van der Waals surface area (Å²) in [6.07, 6.45) is 0.650. The fraction of sp³-hybridized carbons (Fsp3) is 0.467. The summed E-state index contributed by atoms with van der Waals surface area (Å²) in [7, 11) is 0. The molecule has 0 fully saturated rings. The fourth-order valence-electron chi connectivity index (χ4n) is 1.89. The first-order chi connectivity index (χ1) is 9.65. The van der Waals surface area contributed by atoms with Gasteiger partial charge < -0.3 is 14.8 Å². The van der Waals surface area contributed by atoms with Crippen LogP contribution in [-0.4, -0.2) is 41.4 Å². The molecule has 0 aromatic heterocycles. The predicted molar refractivity (Wildman–Crippen MR) is 78.5 cm³/mol. The molecular weight excluding hydrogens is 256 g/mol. The average Bonchev–Trinajstić information content (AvgIpc) is 2.49. The summed E-state index contributed by atoms with van der Waals surface area (Å²) in [6.45, 7) is 7.21. The standard InChI is InChI=1S/C15H22N2O3/c1-4-14(16-19)12-7-9-13(10-8-12)20-11-15(18)17(5-2)6-3/h7-10,19H,4-6,11H2,1-3H3/b16-14+. The van der Waals surface area contributed by atoms with E-state index < -0.39 is 0 Å². The molecule has 5 heteroatoms. The van der Waals surface area contributed by atoms with Crippen LogP contribution in [0.4, 0.5) is 0 Å². The number of oxime groups is 1. The number of hydrogen-bond donors (Lipinski definition) is 1. The zero-order valence-corrected chi connectivity index (χ0v) is 12.3. The molecule has 0 aliphatic heterocycles. The minimum atomic E-state index is -0.0229. The highest BCUT2D eigenvalue weighted by atomic mass is 16.5. The molecule has 0 unspecified atom stereocenters. The zero-order valence-electron chi connectivity index (χ0n) is 12.3. The first kappa shape index (κ1) is 16.0. The molecule has 20 heavy (non-hydrogen) atoms. The summed E-state index contributed by atoms with van der Waals surface area (Å²) in [4.78, 5) is 13.5. The van der Waals surface area contributed by atoms with Gasteiger partial charge in [-0.25, -0.2) is 0 Å². The third-order valence-corrected chi connectivity index (χ3v) is 3.12. The van der Waals surface area contributed by atoms with Gasteiger partial charge in [-0.1, -0.05) is 12.1 Å². The Hall–Kier alpha value is -2.04. The number of likely N-dealkylation sites (N-methyl/N-ethyl adjacent to an activating group) is 1. The summed E-state index contributed by atoms with van der Waals surface area (Å²) >= 11 is 0. The SMILES string of the molecule is CC/C(=N\O)c1ccc(OCC(=O)N(CC)CC)cc1. The summed E-state index contributed by atoms with van der Waals surface area (Å²) in [5, 5.41) is 12.1. The third kappa shape index (κ3) is 4.26. The predicted octanol–water partition coefficient (Wildman–Crippen LogP) is 2.52. The number of ether oxygens (including phenoxy) is 1. The molecule has 0 radical (unpaired) electrons. The molecule has 0 heterocycles. The van der Waals surface area contributed by atoms with E-state index in [1.807, 2.05) is 32.9 Å². The van der Waals surface area contributed by atoms with Crippen LogP contribution in [0.25, 0.3) is 0 Å². The second kappa shape index (κ2) is 8.19. The van der Waals surface area contributed by atoms with E-state index in [-0.39, 0.29) is 12.5 Å². The number of amides is 1. The molecule has 1 N–H and O–H groups in total. The van der Waals surface area contributed by atoms with Gasteiger partial charge in [-0.15, -0.1) is 0 Å². The molecule has 0 saturated heterocycles. The Kier molecular flexibility index (Phi) is 6.56. The normalized spacial score (nSPS) is 11.2. The molecular formula is C15H22N2O3. The summed E-state index contributed by atoms with van der Waals surface area (Å²) < 4.78 is 5.46. The molecule has 1 aromatic carbocycles. The van der Waals surface area contributed by atoms with Gasteiger partial charge in [0.15, 0.2) is 6.61 Å². The maximum atomic E-state index is 11.8. The molecule has 1 rings (SSSR count). The van der Waals surface area contributed by atoms with Gasteiger partial charge in [-0.05, 0) is 50.1 Å². The number of benzene rings is 1. The van der Waals surface area contributed by atoms with Crippen LogP contribution in [0, 0.1) is 0 Å². The van der Waals surface area contributed by atoms with Gasteiger partial charge in [-0.2, -0.15) is 0 Å². The van der Waals surface area contributed by atoms with Crippen LogP contribution < -0.4 is 4.74 Å². The Morgan fingerprint density at radius 1 is 1.20 bits per heavy atom. The lowest BCUT2D eigenvalue weighted by Gasteiger charge is -2.18. The molecule has 5 nitrogen and oxygen atoms in total. The van der Waals surface area contributed by atoms with E-state index in [1.165, 1.54) is 0 Å². The molecule has 0 aliphatic carbocycles. The first-order valence-corrected chi connectivity index (χ1v) is 6.88. The summed E-state index contributed by atoms with van der Waals surface area (Å²) in [5.41, 5.74) is 1.47. The van der Waals surface area contributed by atoms with Gasteiger partial charge in [-0.3, -0.25) is 4.79 Å². The number of nitrogens with zero attached hydrogens (tertiary/aromatic N) is 2. The van der Waals surface area contributed by atoms with E-state index >= 15 is 0 Å². The van der Waals surface area contributed by atoms with Crippen molar-refractivity contribution in [2.45, 2.75) is 27.2 Å². The highest BCUT2D eigenvalue weighted by molar-refractivity contribution is 6.00. The van der Waals surface area contributed by atoms with Crippen LogP contribution in [0.2, 0.25) is 0 Å². The molecule has 1 amide bonds. The highest BCUT2D eigenvalue weighted by Crippen LogP contribution is 2.14. The molecule has 0 atom stereocenters. The summed E-state index contributed by atoms with van der Waals surface area (Å²) in [6, 6.07) is 7.17. The van der Waals surface area contributed by atoms with Crippen molar-refractivity contribution in [1.29, 1.82) is 0 Å². The molecule has 110 valence electrons. The van der Waals surface area contributed by atoms with Crippen LogP contribution >= 0.6 is 0 Å². The van der Waals surface area contributed by atoms with Gasteiger partial charge in [0.25, 0.3) is 5.91 Å². The van der Waals surface area contributed by atoms with Crippen molar-refractivity contribution < 1.29 is 14.7 Å². The Morgan fingerprint density at radius 2 is 1.80 bits per heavy atom. The maximum absolute atomic E-state index is 11.8. The van der Waals surface area contributed by atoms with Crippen LogP contribution in [-0.2, 0) is 4.79 Å². The number of carbonyl (C=O) groups is 1. The molecule has 0 aliphatic rings. The first-order valence-electron chi connectivity index (χ1n) is 6.88. The van der Waals surface area contributed by atoms with E-state index in [0.29, 0.717) is 31.0 Å². The lowest BCUT2D eigenvalue weighted by Crippen LogP contribution is -2.34. The quantitative estimate of drug-likeness (QED) is 0.473. The minimum Gasteiger partial charge on any atom is -0.484 e. The van der Waals surface area contributed by atoms with Crippen LogP contribution in [0.1, 0.15) is 32.8 Å². The van der Waals surface area contributed by atoms with Gasteiger partial charge in [0, 0.05) is 13.1 Å². The molecule has 0 spiro atoms. The average molecular weight is 278 g/mol. The Balaban J connectivity index is 2.60. The second-order valence-corrected chi connectivity index (χ2v) is 4.28. The lowest BCUT2D eigenvalue weighted by atomic mass is 10.1. The highest BCUT2D eigenvalue weighted by Gasteiger charge is 2.10. The topological polar surface area (TPSA) is 62.1 Å². The zero-order chi connectivity index (χ0) is 15.0. The smallest absolute Gasteiger partial charge is 0.260 e. The van der Waals surface area contributed by atoms with Crippen LogP contribution in [0.15, 0.2) is 29.4 Å².